The molecule has 1 aliphatic rings. The van der Waals surface area contributed by atoms with E-state index < -0.39 is 17.8 Å². The lowest BCUT2D eigenvalue weighted by atomic mass is 9.89. The summed E-state index contributed by atoms with van der Waals surface area (Å²) in [5.74, 6) is -0.956. The van der Waals surface area contributed by atoms with Gasteiger partial charge in [0.1, 0.15) is 5.82 Å². The van der Waals surface area contributed by atoms with Crippen LogP contribution in [0.3, 0.4) is 0 Å². The summed E-state index contributed by atoms with van der Waals surface area (Å²) in [7, 11) is 0. The second-order valence-corrected chi connectivity index (χ2v) is 7.59. The minimum Gasteiger partial charge on any atom is -0.391 e. The smallest absolute Gasteiger partial charge is 0.253 e. The van der Waals surface area contributed by atoms with Crippen molar-refractivity contribution in [3.05, 3.63) is 29.6 Å². The molecule has 0 radical (unpaired) electrons. The molecule has 3 atom stereocenters. The first-order valence-electron chi connectivity index (χ1n) is 8.16. The number of anilines is 1. The topological polar surface area (TPSA) is 78.4 Å². The first-order chi connectivity index (χ1) is 11.1. The van der Waals surface area contributed by atoms with Gasteiger partial charge in [0.25, 0.3) is 5.91 Å². The van der Waals surface area contributed by atoms with Gasteiger partial charge < -0.3 is 15.7 Å². The summed E-state index contributed by atoms with van der Waals surface area (Å²) in [4.78, 5) is 24.4. The third kappa shape index (κ3) is 4.54. The van der Waals surface area contributed by atoms with E-state index in [0.717, 1.165) is 12.5 Å². The average Bonchev–Trinajstić information content (AvgIpc) is 3.22. The fraction of sp³-hybridized carbons (Fsp3) is 0.556. The van der Waals surface area contributed by atoms with Crippen molar-refractivity contribution >= 4 is 17.5 Å². The number of carbonyl (C=O) groups excluding carboxylic acids is 2. The Hall–Kier alpha value is -1.95. The summed E-state index contributed by atoms with van der Waals surface area (Å²) in [5, 5.41) is 15.3. The van der Waals surface area contributed by atoms with Crippen LogP contribution in [0.25, 0.3) is 0 Å². The molecule has 3 unspecified atom stereocenters. The lowest BCUT2D eigenvalue weighted by Crippen LogP contribution is -2.39. The van der Waals surface area contributed by atoms with Crippen LogP contribution in [-0.2, 0) is 4.79 Å². The van der Waals surface area contributed by atoms with E-state index >= 15 is 0 Å². The lowest BCUT2D eigenvalue weighted by molar-refractivity contribution is -0.117. The van der Waals surface area contributed by atoms with E-state index in [1.165, 1.54) is 12.1 Å². The Bertz CT molecular complexity index is 640. The van der Waals surface area contributed by atoms with Crippen molar-refractivity contribution in [2.75, 3.05) is 11.9 Å². The van der Waals surface area contributed by atoms with E-state index in [1.54, 1.807) is 0 Å². The molecule has 3 N–H and O–H groups in total. The van der Waals surface area contributed by atoms with Gasteiger partial charge in [0, 0.05) is 12.5 Å². The summed E-state index contributed by atoms with van der Waals surface area (Å²) >= 11 is 0. The van der Waals surface area contributed by atoms with Gasteiger partial charge in [-0.05, 0) is 36.0 Å². The fourth-order valence-corrected chi connectivity index (χ4v) is 2.32. The predicted molar refractivity (Wildman–Crippen MR) is 90.1 cm³/mol. The van der Waals surface area contributed by atoms with Gasteiger partial charge in [0.15, 0.2) is 0 Å². The fourth-order valence-electron chi connectivity index (χ4n) is 2.32. The maximum atomic E-state index is 13.5. The number of aliphatic hydroxyl groups excluding tert-OH is 1. The maximum absolute atomic E-state index is 13.5. The number of nitrogens with one attached hydrogen (secondary N) is 2. The normalized spacial score (nSPS) is 21.1. The molecule has 0 bridgehead atoms. The van der Waals surface area contributed by atoms with Crippen LogP contribution in [0.5, 0.6) is 0 Å². The number of rotatable bonds is 5. The minimum atomic E-state index is -0.736. The zero-order valence-corrected chi connectivity index (χ0v) is 14.5. The Labute approximate surface area is 141 Å². The zero-order valence-electron chi connectivity index (χ0n) is 14.5. The number of benzene rings is 1. The van der Waals surface area contributed by atoms with Gasteiger partial charge in [-0.3, -0.25) is 9.59 Å². The van der Waals surface area contributed by atoms with Crippen LogP contribution in [0.4, 0.5) is 10.1 Å². The lowest BCUT2D eigenvalue weighted by Gasteiger charge is -2.26. The molecule has 5 nitrogen and oxygen atoms in total. The van der Waals surface area contributed by atoms with Crippen LogP contribution in [0.15, 0.2) is 18.2 Å². The molecule has 0 spiro atoms. The molecule has 2 amide bonds. The Morgan fingerprint density at radius 3 is 2.54 bits per heavy atom. The number of hydrogen-bond acceptors (Lipinski definition) is 3. The van der Waals surface area contributed by atoms with Crippen molar-refractivity contribution in [1.82, 2.24) is 5.32 Å². The highest BCUT2D eigenvalue weighted by molar-refractivity contribution is 6.04. The van der Waals surface area contributed by atoms with Crippen LogP contribution in [0.1, 0.15) is 44.5 Å². The number of carbonyl (C=O) groups is 2. The first-order valence-corrected chi connectivity index (χ1v) is 8.16. The molecular formula is C18H25FN2O3. The molecule has 2 rings (SSSR count). The third-order valence-corrected chi connectivity index (χ3v) is 4.39. The SMILES string of the molecule is CC1CC1C(=O)Nc1ccc(F)cc1C(=O)NCC(O)C(C)(C)C. The van der Waals surface area contributed by atoms with E-state index in [1.807, 2.05) is 27.7 Å². The molecule has 1 fully saturated rings. The summed E-state index contributed by atoms with van der Waals surface area (Å²) in [6.45, 7) is 7.60. The molecule has 1 aromatic rings. The molecule has 132 valence electrons. The van der Waals surface area contributed by atoms with E-state index in [-0.39, 0.29) is 35.0 Å². The van der Waals surface area contributed by atoms with Gasteiger partial charge in [0.2, 0.25) is 5.91 Å². The standard InChI is InChI=1S/C18H25FN2O3/c1-10-7-12(10)17(24)21-14-6-5-11(19)8-13(14)16(23)20-9-15(22)18(2,3)4/h5-6,8,10,12,15,22H,7,9H2,1-4H3,(H,20,23)(H,21,24). The molecule has 1 saturated carbocycles. The number of hydrogen-bond donors (Lipinski definition) is 3. The van der Waals surface area contributed by atoms with E-state index in [0.29, 0.717) is 5.92 Å². The van der Waals surface area contributed by atoms with E-state index in [9.17, 15) is 19.1 Å². The van der Waals surface area contributed by atoms with Crippen LogP contribution in [-0.4, -0.2) is 29.6 Å². The molecule has 0 aliphatic heterocycles. The van der Waals surface area contributed by atoms with E-state index in [2.05, 4.69) is 10.6 Å². The second kappa shape index (κ2) is 6.89. The van der Waals surface area contributed by atoms with Crippen molar-refractivity contribution in [2.24, 2.45) is 17.3 Å². The molecule has 24 heavy (non-hydrogen) atoms. The maximum Gasteiger partial charge on any atom is 0.253 e. The van der Waals surface area contributed by atoms with Gasteiger partial charge in [-0.25, -0.2) is 4.39 Å². The van der Waals surface area contributed by atoms with Crippen molar-refractivity contribution in [1.29, 1.82) is 0 Å². The van der Waals surface area contributed by atoms with Crippen molar-refractivity contribution < 1.29 is 19.1 Å². The van der Waals surface area contributed by atoms with Crippen LogP contribution >= 0.6 is 0 Å². The number of aliphatic hydroxyl groups is 1. The number of amides is 2. The summed E-state index contributed by atoms with van der Waals surface area (Å²) in [6, 6.07) is 3.67. The summed E-state index contributed by atoms with van der Waals surface area (Å²) in [6.07, 6.45) is 0.0900. The molecule has 0 aromatic heterocycles. The van der Waals surface area contributed by atoms with Crippen molar-refractivity contribution in [2.45, 2.75) is 40.2 Å². The quantitative estimate of drug-likeness (QED) is 0.773. The highest BCUT2D eigenvalue weighted by Crippen LogP contribution is 2.38. The summed E-state index contributed by atoms with van der Waals surface area (Å²) in [5.41, 5.74) is -0.0463. The molecule has 6 heteroatoms. The van der Waals surface area contributed by atoms with Crippen molar-refractivity contribution in [3.63, 3.8) is 0 Å². The van der Waals surface area contributed by atoms with Crippen molar-refractivity contribution in [3.8, 4) is 0 Å². The van der Waals surface area contributed by atoms with Gasteiger partial charge >= 0.3 is 0 Å². The van der Waals surface area contributed by atoms with Gasteiger partial charge in [-0.2, -0.15) is 0 Å². The zero-order chi connectivity index (χ0) is 18.1. The molecule has 1 aliphatic carbocycles. The van der Waals surface area contributed by atoms with E-state index in [4.69, 9.17) is 0 Å². The summed E-state index contributed by atoms with van der Waals surface area (Å²) < 4.78 is 13.5. The number of halogens is 1. The van der Waals surface area contributed by atoms with Crippen LogP contribution in [0, 0.1) is 23.1 Å². The van der Waals surface area contributed by atoms with Crippen LogP contribution in [0.2, 0.25) is 0 Å². The first kappa shape index (κ1) is 18.4. The second-order valence-electron chi connectivity index (χ2n) is 7.59. The Morgan fingerprint density at radius 2 is 2.00 bits per heavy atom. The minimum absolute atomic E-state index is 0.0475. The Kier molecular flexibility index (Phi) is 5.28. The van der Waals surface area contributed by atoms with Gasteiger partial charge in [0.05, 0.1) is 17.4 Å². The Balaban J connectivity index is 2.08. The molecule has 0 saturated heterocycles. The Morgan fingerprint density at radius 1 is 1.38 bits per heavy atom. The largest absolute Gasteiger partial charge is 0.391 e. The third-order valence-electron chi connectivity index (χ3n) is 4.39. The highest BCUT2D eigenvalue weighted by Gasteiger charge is 2.39. The van der Waals surface area contributed by atoms with Crippen LogP contribution < -0.4 is 10.6 Å². The molecule has 1 aromatic carbocycles. The van der Waals surface area contributed by atoms with Gasteiger partial charge in [-0.15, -0.1) is 0 Å². The monoisotopic (exact) mass is 336 g/mol. The molecule has 0 heterocycles. The predicted octanol–water partition coefficient (Wildman–Crippen LogP) is 2.56. The average molecular weight is 336 g/mol. The molecular weight excluding hydrogens is 311 g/mol. The highest BCUT2D eigenvalue weighted by atomic mass is 19.1. The van der Waals surface area contributed by atoms with Gasteiger partial charge in [-0.1, -0.05) is 27.7 Å².